The van der Waals surface area contributed by atoms with Crippen LogP contribution in [0.15, 0.2) is 24.3 Å². The third kappa shape index (κ3) is 3.80. The van der Waals surface area contributed by atoms with Crippen LogP contribution in [-0.4, -0.2) is 25.0 Å². The predicted molar refractivity (Wildman–Crippen MR) is 78.5 cm³/mol. The van der Waals surface area contributed by atoms with Crippen molar-refractivity contribution in [2.75, 3.05) is 13.1 Å². The lowest BCUT2D eigenvalue weighted by atomic mass is 9.86. The summed E-state index contributed by atoms with van der Waals surface area (Å²) >= 11 is 0. The number of nitrogens with one attached hydrogen (secondary N) is 2. The van der Waals surface area contributed by atoms with E-state index in [0.29, 0.717) is 6.04 Å². The molecule has 1 fully saturated rings. The molecule has 0 unspecified atom stereocenters. The van der Waals surface area contributed by atoms with Crippen molar-refractivity contribution in [3.63, 3.8) is 0 Å². The SMILES string of the molecule is CC(C)(C)c1ccc(C(=O)NC2CCNCC2)cc1. The molecule has 1 aromatic carbocycles. The largest absolute Gasteiger partial charge is 0.349 e. The highest BCUT2D eigenvalue weighted by molar-refractivity contribution is 5.94. The van der Waals surface area contributed by atoms with Gasteiger partial charge in [-0.3, -0.25) is 4.79 Å². The number of carbonyl (C=O) groups is 1. The minimum absolute atomic E-state index is 0.0485. The summed E-state index contributed by atoms with van der Waals surface area (Å²) in [5.41, 5.74) is 2.14. The summed E-state index contributed by atoms with van der Waals surface area (Å²) in [5.74, 6) is 0.0485. The van der Waals surface area contributed by atoms with Gasteiger partial charge in [-0.25, -0.2) is 0 Å². The topological polar surface area (TPSA) is 41.1 Å². The van der Waals surface area contributed by atoms with Crippen LogP contribution in [0, 0.1) is 0 Å². The lowest BCUT2D eigenvalue weighted by Gasteiger charge is -2.24. The van der Waals surface area contributed by atoms with Crippen molar-refractivity contribution in [1.82, 2.24) is 10.6 Å². The van der Waals surface area contributed by atoms with E-state index in [1.807, 2.05) is 12.1 Å². The second-order valence-corrected chi connectivity index (χ2v) is 6.33. The zero-order valence-electron chi connectivity index (χ0n) is 12.1. The molecule has 1 amide bonds. The molecule has 0 aliphatic carbocycles. The molecule has 0 saturated carbocycles. The maximum atomic E-state index is 12.1. The van der Waals surface area contributed by atoms with E-state index in [1.54, 1.807) is 0 Å². The van der Waals surface area contributed by atoms with E-state index in [-0.39, 0.29) is 11.3 Å². The minimum Gasteiger partial charge on any atom is -0.349 e. The second kappa shape index (κ2) is 5.74. The van der Waals surface area contributed by atoms with Crippen LogP contribution in [0.3, 0.4) is 0 Å². The standard InChI is InChI=1S/C16H24N2O/c1-16(2,3)13-6-4-12(5-7-13)15(19)18-14-8-10-17-11-9-14/h4-7,14,17H,8-11H2,1-3H3,(H,18,19). The monoisotopic (exact) mass is 260 g/mol. The van der Waals surface area contributed by atoms with Crippen molar-refractivity contribution in [2.45, 2.75) is 45.1 Å². The number of carbonyl (C=O) groups excluding carboxylic acids is 1. The molecule has 1 heterocycles. The van der Waals surface area contributed by atoms with Gasteiger partial charge in [0, 0.05) is 11.6 Å². The van der Waals surface area contributed by atoms with E-state index >= 15 is 0 Å². The van der Waals surface area contributed by atoms with E-state index in [1.165, 1.54) is 5.56 Å². The highest BCUT2D eigenvalue weighted by atomic mass is 16.1. The van der Waals surface area contributed by atoms with Gasteiger partial charge in [0.05, 0.1) is 0 Å². The highest BCUT2D eigenvalue weighted by Gasteiger charge is 2.17. The van der Waals surface area contributed by atoms with Gasteiger partial charge < -0.3 is 10.6 Å². The molecular weight excluding hydrogens is 236 g/mol. The van der Waals surface area contributed by atoms with Gasteiger partial charge in [-0.15, -0.1) is 0 Å². The molecular formula is C16H24N2O. The van der Waals surface area contributed by atoms with Crippen LogP contribution in [0.1, 0.15) is 49.5 Å². The fourth-order valence-electron chi connectivity index (χ4n) is 2.36. The van der Waals surface area contributed by atoms with E-state index in [2.05, 4.69) is 43.5 Å². The average molecular weight is 260 g/mol. The smallest absolute Gasteiger partial charge is 0.251 e. The average Bonchev–Trinajstić information content (AvgIpc) is 2.39. The molecule has 1 saturated heterocycles. The summed E-state index contributed by atoms with van der Waals surface area (Å²) in [6.45, 7) is 8.52. The van der Waals surface area contributed by atoms with Crippen molar-refractivity contribution in [1.29, 1.82) is 0 Å². The molecule has 1 aliphatic heterocycles. The molecule has 3 nitrogen and oxygen atoms in total. The van der Waals surface area contributed by atoms with Crippen LogP contribution in [0.5, 0.6) is 0 Å². The first-order valence-corrected chi connectivity index (χ1v) is 7.09. The lowest BCUT2D eigenvalue weighted by molar-refractivity contribution is 0.0929. The van der Waals surface area contributed by atoms with E-state index in [9.17, 15) is 4.79 Å². The van der Waals surface area contributed by atoms with Crippen LogP contribution < -0.4 is 10.6 Å². The molecule has 0 spiro atoms. The third-order valence-corrected chi connectivity index (χ3v) is 3.69. The Labute approximate surface area is 115 Å². The Hall–Kier alpha value is -1.35. The summed E-state index contributed by atoms with van der Waals surface area (Å²) in [7, 11) is 0. The molecule has 1 aliphatic rings. The molecule has 0 atom stereocenters. The summed E-state index contributed by atoms with van der Waals surface area (Å²) < 4.78 is 0. The zero-order valence-corrected chi connectivity index (χ0v) is 12.1. The number of hydrogen-bond acceptors (Lipinski definition) is 2. The number of benzene rings is 1. The van der Waals surface area contributed by atoms with Gasteiger partial charge in [-0.2, -0.15) is 0 Å². The molecule has 2 N–H and O–H groups in total. The highest BCUT2D eigenvalue weighted by Crippen LogP contribution is 2.22. The van der Waals surface area contributed by atoms with E-state index in [0.717, 1.165) is 31.5 Å². The molecule has 0 radical (unpaired) electrons. The van der Waals surface area contributed by atoms with Crippen LogP contribution in [0.4, 0.5) is 0 Å². The normalized spacial score (nSPS) is 17.2. The minimum atomic E-state index is 0.0485. The van der Waals surface area contributed by atoms with Crippen LogP contribution in [0.25, 0.3) is 0 Å². The summed E-state index contributed by atoms with van der Waals surface area (Å²) in [5, 5.41) is 6.41. The molecule has 104 valence electrons. The molecule has 0 aromatic heterocycles. The lowest BCUT2D eigenvalue weighted by Crippen LogP contribution is -2.42. The Morgan fingerprint density at radius 2 is 1.74 bits per heavy atom. The maximum Gasteiger partial charge on any atom is 0.251 e. The number of amides is 1. The van der Waals surface area contributed by atoms with Crippen LogP contribution in [0.2, 0.25) is 0 Å². The summed E-state index contributed by atoms with van der Waals surface area (Å²) in [4.78, 5) is 12.1. The van der Waals surface area contributed by atoms with Gasteiger partial charge in [-0.05, 0) is 49.0 Å². The molecule has 0 bridgehead atoms. The van der Waals surface area contributed by atoms with Gasteiger partial charge in [-0.1, -0.05) is 32.9 Å². The first-order chi connectivity index (χ1) is 8.97. The summed E-state index contributed by atoms with van der Waals surface area (Å²) in [6.07, 6.45) is 2.04. The Balaban J connectivity index is 1.99. The Morgan fingerprint density at radius 1 is 1.16 bits per heavy atom. The fraction of sp³-hybridized carbons (Fsp3) is 0.562. The van der Waals surface area contributed by atoms with Crippen LogP contribution in [-0.2, 0) is 5.41 Å². The van der Waals surface area contributed by atoms with Gasteiger partial charge in [0.2, 0.25) is 0 Å². The van der Waals surface area contributed by atoms with Gasteiger partial charge in [0.15, 0.2) is 0 Å². The molecule has 2 rings (SSSR count). The first kappa shape index (κ1) is 14.1. The number of hydrogen-bond donors (Lipinski definition) is 2. The van der Waals surface area contributed by atoms with Crippen molar-refractivity contribution < 1.29 is 4.79 Å². The Morgan fingerprint density at radius 3 is 2.26 bits per heavy atom. The molecule has 19 heavy (non-hydrogen) atoms. The van der Waals surface area contributed by atoms with Gasteiger partial charge in [0.25, 0.3) is 5.91 Å². The summed E-state index contributed by atoms with van der Waals surface area (Å²) in [6, 6.07) is 8.28. The predicted octanol–water partition coefficient (Wildman–Crippen LogP) is 2.47. The van der Waals surface area contributed by atoms with Crippen molar-refractivity contribution >= 4 is 5.91 Å². The Bertz CT molecular complexity index is 425. The third-order valence-electron chi connectivity index (χ3n) is 3.69. The van der Waals surface area contributed by atoms with Crippen molar-refractivity contribution in [2.24, 2.45) is 0 Å². The second-order valence-electron chi connectivity index (χ2n) is 6.33. The maximum absolute atomic E-state index is 12.1. The molecule has 3 heteroatoms. The number of piperidine rings is 1. The van der Waals surface area contributed by atoms with E-state index < -0.39 is 0 Å². The van der Waals surface area contributed by atoms with Crippen LogP contribution >= 0.6 is 0 Å². The molecule has 1 aromatic rings. The van der Waals surface area contributed by atoms with Crippen molar-refractivity contribution in [3.05, 3.63) is 35.4 Å². The quantitative estimate of drug-likeness (QED) is 0.857. The number of rotatable bonds is 2. The Kier molecular flexibility index (Phi) is 4.25. The van der Waals surface area contributed by atoms with Gasteiger partial charge >= 0.3 is 0 Å². The zero-order chi connectivity index (χ0) is 13.9. The van der Waals surface area contributed by atoms with Gasteiger partial charge in [0.1, 0.15) is 0 Å². The van der Waals surface area contributed by atoms with Crippen molar-refractivity contribution in [3.8, 4) is 0 Å². The van der Waals surface area contributed by atoms with E-state index in [4.69, 9.17) is 0 Å². The fourth-order valence-corrected chi connectivity index (χ4v) is 2.36. The first-order valence-electron chi connectivity index (χ1n) is 7.09.